The number of ether oxygens (including phenoxy) is 3. The molecule has 1 unspecified atom stereocenters. The second-order valence-electron chi connectivity index (χ2n) is 4.11. The highest BCUT2D eigenvalue weighted by Gasteiger charge is 2.01. The number of nitrogens with two attached hydrogens (primary N) is 1. The van der Waals surface area contributed by atoms with Gasteiger partial charge in [0.25, 0.3) is 0 Å². The normalized spacial score (nSPS) is 12.3. The molecule has 1 aromatic carbocycles. The predicted molar refractivity (Wildman–Crippen MR) is 72.9 cm³/mol. The van der Waals surface area contributed by atoms with Crippen LogP contribution in [0.4, 0.5) is 5.69 Å². The summed E-state index contributed by atoms with van der Waals surface area (Å²) in [6.07, 6.45) is 1.00. The third kappa shape index (κ3) is 6.47. The lowest BCUT2D eigenvalue weighted by atomic mass is 10.3. The van der Waals surface area contributed by atoms with E-state index in [4.69, 9.17) is 19.9 Å². The Morgan fingerprint density at radius 1 is 1.17 bits per heavy atom. The highest BCUT2D eigenvalue weighted by Crippen LogP contribution is 2.13. The van der Waals surface area contributed by atoms with E-state index < -0.39 is 0 Å². The monoisotopic (exact) mass is 253 g/mol. The van der Waals surface area contributed by atoms with E-state index in [0.29, 0.717) is 19.8 Å². The fourth-order valence-electron chi connectivity index (χ4n) is 1.43. The lowest BCUT2D eigenvalue weighted by Gasteiger charge is -2.13. The van der Waals surface area contributed by atoms with Crippen LogP contribution in [0.1, 0.15) is 20.3 Å². The third-order valence-electron chi connectivity index (χ3n) is 2.40. The van der Waals surface area contributed by atoms with Crippen LogP contribution in [0.3, 0.4) is 0 Å². The second kappa shape index (κ2) is 8.78. The molecule has 1 aromatic rings. The van der Waals surface area contributed by atoms with Crippen LogP contribution in [0.2, 0.25) is 0 Å². The largest absolute Gasteiger partial charge is 0.494 e. The van der Waals surface area contributed by atoms with E-state index in [2.05, 4.69) is 0 Å². The maximum Gasteiger partial charge on any atom is 0.119 e. The molecule has 0 saturated carbocycles. The molecule has 18 heavy (non-hydrogen) atoms. The summed E-state index contributed by atoms with van der Waals surface area (Å²) < 4.78 is 16.4. The summed E-state index contributed by atoms with van der Waals surface area (Å²) in [5.41, 5.74) is 6.33. The molecule has 0 aromatic heterocycles. The van der Waals surface area contributed by atoms with Gasteiger partial charge >= 0.3 is 0 Å². The maximum atomic E-state index is 5.59. The van der Waals surface area contributed by atoms with Gasteiger partial charge < -0.3 is 19.9 Å². The van der Waals surface area contributed by atoms with Gasteiger partial charge in [-0.3, -0.25) is 0 Å². The number of benzene rings is 1. The first-order chi connectivity index (χ1) is 8.72. The van der Waals surface area contributed by atoms with Gasteiger partial charge in [-0.05, 0) is 38.1 Å². The second-order valence-corrected chi connectivity index (χ2v) is 4.11. The van der Waals surface area contributed by atoms with E-state index in [1.165, 1.54) is 0 Å². The van der Waals surface area contributed by atoms with Gasteiger partial charge in [0, 0.05) is 18.7 Å². The summed E-state index contributed by atoms with van der Waals surface area (Å²) in [5.74, 6) is 0.839. The number of nitrogen functional groups attached to an aromatic ring is 1. The Kier molecular flexibility index (Phi) is 7.22. The lowest BCUT2D eigenvalue weighted by molar-refractivity contribution is -0.00666. The molecule has 0 amide bonds. The van der Waals surface area contributed by atoms with Gasteiger partial charge in [-0.25, -0.2) is 0 Å². The quantitative estimate of drug-likeness (QED) is 0.542. The summed E-state index contributed by atoms with van der Waals surface area (Å²) in [6.45, 7) is 6.70. The van der Waals surface area contributed by atoms with Crippen LogP contribution in [-0.2, 0) is 9.47 Å². The van der Waals surface area contributed by atoms with Crippen LogP contribution in [0.25, 0.3) is 0 Å². The summed E-state index contributed by atoms with van der Waals surface area (Å²) >= 11 is 0. The molecule has 102 valence electrons. The summed E-state index contributed by atoms with van der Waals surface area (Å²) in [5, 5.41) is 0. The van der Waals surface area contributed by atoms with Crippen LogP contribution < -0.4 is 10.5 Å². The van der Waals surface area contributed by atoms with Gasteiger partial charge in [0.2, 0.25) is 0 Å². The molecule has 0 bridgehead atoms. The van der Waals surface area contributed by atoms with Crippen molar-refractivity contribution in [3.63, 3.8) is 0 Å². The number of hydrogen-bond donors (Lipinski definition) is 1. The zero-order valence-corrected chi connectivity index (χ0v) is 11.2. The first kappa shape index (κ1) is 14.8. The average Bonchev–Trinajstić information content (AvgIpc) is 2.38. The molecule has 0 fully saturated rings. The minimum Gasteiger partial charge on any atom is -0.494 e. The van der Waals surface area contributed by atoms with Gasteiger partial charge in [-0.2, -0.15) is 0 Å². The summed E-state index contributed by atoms with van der Waals surface area (Å²) in [7, 11) is 0. The number of hydrogen-bond acceptors (Lipinski definition) is 4. The van der Waals surface area contributed by atoms with Crippen molar-refractivity contribution >= 4 is 5.69 Å². The van der Waals surface area contributed by atoms with Gasteiger partial charge in [-0.1, -0.05) is 0 Å². The van der Waals surface area contributed by atoms with Crippen molar-refractivity contribution < 1.29 is 14.2 Å². The van der Waals surface area contributed by atoms with E-state index in [1.54, 1.807) is 0 Å². The Morgan fingerprint density at radius 2 is 1.89 bits per heavy atom. The molecule has 0 heterocycles. The van der Waals surface area contributed by atoms with Crippen molar-refractivity contribution in [2.45, 2.75) is 26.4 Å². The Hall–Kier alpha value is -1.26. The van der Waals surface area contributed by atoms with Crippen molar-refractivity contribution in [3.05, 3.63) is 24.3 Å². The van der Waals surface area contributed by atoms with Crippen molar-refractivity contribution in [2.75, 3.05) is 32.2 Å². The molecular weight excluding hydrogens is 230 g/mol. The fraction of sp³-hybridized carbons (Fsp3) is 0.571. The van der Waals surface area contributed by atoms with E-state index >= 15 is 0 Å². The van der Waals surface area contributed by atoms with E-state index in [0.717, 1.165) is 24.5 Å². The van der Waals surface area contributed by atoms with Gasteiger partial charge in [0.05, 0.1) is 25.9 Å². The highest BCUT2D eigenvalue weighted by atomic mass is 16.5. The molecule has 2 N–H and O–H groups in total. The van der Waals surface area contributed by atoms with Crippen LogP contribution in [-0.4, -0.2) is 32.5 Å². The summed E-state index contributed by atoms with van der Waals surface area (Å²) in [4.78, 5) is 0. The lowest BCUT2D eigenvalue weighted by Crippen LogP contribution is -2.17. The van der Waals surface area contributed by atoms with E-state index in [9.17, 15) is 0 Å². The maximum absolute atomic E-state index is 5.59. The van der Waals surface area contributed by atoms with E-state index in [1.807, 2.05) is 38.1 Å². The molecule has 0 radical (unpaired) electrons. The molecule has 1 rings (SSSR count). The standard InChI is InChI=1S/C14H23NO3/c1-3-16-11-12(2)17-9-4-10-18-14-7-5-13(15)6-8-14/h5-8,12H,3-4,9-11,15H2,1-2H3. The molecule has 0 spiro atoms. The van der Waals surface area contributed by atoms with Crippen LogP contribution in [0.5, 0.6) is 5.75 Å². The molecule has 0 saturated heterocycles. The Morgan fingerprint density at radius 3 is 2.56 bits per heavy atom. The molecule has 0 aliphatic rings. The zero-order chi connectivity index (χ0) is 13.2. The molecule has 4 heteroatoms. The summed E-state index contributed by atoms with van der Waals surface area (Å²) in [6, 6.07) is 7.40. The number of anilines is 1. The molecular formula is C14H23NO3. The first-order valence-electron chi connectivity index (χ1n) is 6.40. The highest BCUT2D eigenvalue weighted by molar-refractivity contribution is 5.41. The Bertz CT molecular complexity index is 313. The van der Waals surface area contributed by atoms with Crippen molar-refractivity contribution in [1.29, 1.82) is 0 Å². The predicted octanol–water partition coefficient (Wildman–Crippen LogP) is 2.48. The fourth-order valence-corrected chi connectivity index (χ4v) is 1.43. The SMILES string of the molecule is CCOCC(C)OCCCOc1ccc(N)cc1. The minimum atomic E-state index is 0.140. The van der Waals surface area contributed by atoms with Crippen molar-refractivity contribution in [1.82, 2.24) is 0 Å². The number of rotatable bonds is 9. The molecule has 0 aliphatic heterocycles. The topological polar surface area (TPSA) is 53.7 Å². The molecule has 4 nitrogen and oxygen atoms in total. The Labute approximate surface area is 109 Å². The Balaban J connectivity index is 2.03. The average molecular weight is 253 g/mol. The van der Waals surface area contributed by atoms with Gasteiger partial charge in [0.1, 0.15) is 5.75 Å². The van der Waals surface area contributed by atoms with E-state index in [-0.39, 0.29) is 6.10 Å². The minimum absolute atomic E-state index is 0.140. The van der Waals surface area contributed by atoms with Crippen molar-refractivity contribution in [3.8, 4) is 5.75 Å². The first-order valence-corrected chi connectivity index (χ1v) is 6.40. The molecule has 0 aliphatic carbocycles. The smallest absolute Gasteiger partial charge is 0.119 e. The zero-order valence-electron chi connectivity index (χ0n) is 11.2. The third-order valence-corrected chi connectivity index (χ3v) is 2.40. The van der Waals surface area contributed by atoms with Crippen molar-refractivity contribution in [2.24, 2.45) is 0 Å². The molecule has 1 atom stereocenters. The van der Waals surface area contributed by atoms with Gasteiger partial charge in [0.15, 0.2) is 0 Å². The van der Waals surface area contributed by atoms with Crippen LogP contribution in [0, 0.1) is 0 Å². The van der Waals surface area contributed by atoms with Crippen LogP contribution >= 0.6 is 0 Å². The van der Waals surface area contributed by atoms with Crippen LogP contribution in [0.15, 0.2) is 24.3 Å². The van der Waals surface area contributed by atoms with Gasteiger partial charge in [-0.15, -0.1) is 0 Å².